The first-order valence-electron chi connectivity index (χ1n) is 23.5. The number of hydrogen-bond donors (Lipinski definition) is 0. The highest BCUT2D eigenvalue weighted by Crippen LogP contribution is 2.38. The number of rotatable bonds is 44. The molecule has 0 aliphatic rings. The number of carbonyl (C=O) groups excluding carboxylic acids is 1. The molecule has 0 aliphatic carbocycles. The van der Waals surface area contributed by atoms with Crippen LogP contribution < -0.4 is 4.89 Å². The van der Waals surface area contributed by atoms with Crippen molar-refractivity contribution in [3.63, 3.8) is 0 Å². The predicted octanol–water partition coefficient (Wildman–Crippen LogP) is 13.5. The van der Waals surface area contributed by atoms with E-state index in [1.165, 1.54) is 173 Å². The van der Waals surface area contributed by atoms with Gasteiger partial charge in [0.25, 0.3) is 7.82 Å². The molecule has 0 aromatic carbocycles. The van der Waals surface area contributed by atoms with Gasteiger partial charge in [0.2, 0.25) is 0 Å². The Balaban J connectivity index is 4.21. The zero-order chi connectivity index (χ0) is 40.6. The molecular formula is C46H92NO7P. The lowest BCUT2D eigenvalue weighted by Gasteiger charge is -2.28. The van der Waals surface area contributed by atoms with E-state index in [4.69, 9.17) is 18.5 Å². The number of ether oxygens (including phenoxy) is 2. The summed E-state index contributed by atoms with van der Waals surface area (Å²) >= 11 is 0. The number of allylic oxidation sites excluding steroid dienone is 1. The van der Waals surface area contributed by atoms with Crippen LogP contribution in [0.15, 0.2) is 12.3 Å². The number of unbranched alkanes of at least 4 members (excludes halogenated alkanes) is 30. The van der Waals surface area contributed by atoms with Gasteiger partial charge in [-0.2, -0.15) is 0 Å². The maximum absolute atomic E-state index is 12.7. The SMILES string of the molecule is CCCCCCCCCCCCCCCC/C=C/OC[C@H](COP(=O)([O-])OCC[N+](C)(C)C)OC(=O)CCCCCCCCCCCCCCCCCCC. The van der Waals surface area contributed by atoms with E-state index in [-0.39, 0.29) is 25.8 Å². The third kappa shape index (κ3) is 44.0. The molecule has 0 aromatic rings. The minimum Gasteiger partial charge on any atom is -0.756 e. The van der Waals surface area contributed by atoms with Crippen LogP contribution in [0, 0.1) is 0 Å². The summed E-state index contributed by atoms with van der Waals surface area (Å²) in [5, 5.41) is 0. The van der Waals surface area contributed by atoms with Crippen molar-refractivity contribution in [2.45, 2.75) is 232 Å². The average Bonchev–Trinajstić information content (AvgIpc) is 3.13. The number of phosphoric ester groups is 1. The summed E-state index contributed by atoms with van der Waals surface area (Å²) in [7, 11) is 1.34. The second-order valence-corrected chi connectivity index (χ2v) is 18.6. The zero-order valence-corrected chi connectivity index (χ0v) is 38.0. The highest BCUT2D eigenvalue weighted by atomic mass is 31.2. The maximum atomic E-state index is 12.7. The molecular weight excluding hydrogens is 709 g/mol. The van der Waals surface area contributed by atoms with Crippen LogP contribution in [0.1, 0.15) is 226 Å². The summed E-state index contributed by atoms with van der Waals surface area (Å²) in [6.45, 7) is 4.78. The fourth-order valence-corrected chi connectivity index (χ4v) is 7.48. The van der Waals surface area contributed by atoms with Crippen molar-refractivity contribution >= 4 is 13.8 Å². The Hall–Kier alpha value is -0.920. The smallest absolute Gasteiger partial charge is 0.306 e. The van der Waals surface area contributed by atoms with E-state index in [1.807, 2.05) is 27.2 Å². The topological polar surface area (TPSA) is 94.1 Å². The van der Waals surface area contributed by atoms with Gasteiger partial charge in [0.05, 0.1) is 34.0 Å². The molecule has 0 heterocycles. The van der Waals surface area contributed by atoms with Crippen LogP contribution in [-0.4, -0.2) is 64.1 Å². The first-order valence-corrected chi connectivity index (χ1v) is 24.9. The van der Waals surface area contributed by atoms with Crippen LogP contribution in [0.5, 0.6) is 0 Å². The fraction of sp³-hybridized carbons (Fsp3) is 0.935. The minimum atomic E-state index is -4.54. The normalized spacial score (nSPS) is 13.7. The van der Waals surface area contributed by atoms with Gasteiger partial charge < -0.3 is 27.9 Å². The molecule has 55 heavy (non-hydrogen) atoms. The van der Waals surface area contributed by atoms with E-state index >= 15 is 0 Å². The van der Waals surface area contributed by atoms with Crippen molar-refractivity contribution < 1.29 is 37.3 Å². The Labute approximate surface area is 341 Å². The lowest BCUT2D eigenvalue weighted by Crippen LogP contribution is -2.37. The third-order valence-corrected chi connectivity index (χ3v) is 11.4. The zero-order valence-electron chi connectivity index (χ0n) is 37.1. The Kier molecular flexibility index (Phi) is 39.2. The van der Waals surface area contributed by atoms with Gasteiger partial charge in [-0.3, -0.25) is 9.36 Å². The highest BCUT2D eigenvalue weighted by Gasteiger charge is 2.20. The fourth-order valence-electron chi connectivity index (χ4n) is 6.75. The summed E-state index contributed by atoms with van der Waals surface area (Å²) in [5.74, 6) is -0.351. The van der Waals surface area contributed by atoms with Gasteiger partial charge in [0.15, 0.2) is 6.10 Å². The molecule has 1 unspecified atom stereocenters. The van der Waals surface area contributed by atoms with E-state index < -0.39 is 13.9 Å². The number of quaternary nitrogens is 1. The molecule has 0 saturated heterocycles. The molecule has 0 aromatic heterocycles. The molecule has 8 nitrogen and oxygen atoms in total. The second kappa shape index (κ2) is 39.9. The van der Waals surface area contributed by atoms with E-state index in [2.05, 4.69) is 13.8 Å². The van der Waals surface area contributed by atoms with Crippen LogP contribution in [0.4, 0.5) is 0 Å². The molecule has 0 spiro atoms. The summed E-state index contributed by atoms with van der Waals surface area (Å²) in [6, 6.07) is 0. The number of phosphoric acid groups is 1. The van der Waals surface area contributed by atoms with Crippen molar-refractivity contribution in [1.82, 2.24) is 0 Å². The first kappa shape index (κ1) is 54.1. The maximum Gasteiger partial charge on any atom is 0.306 e. The van der Waals surface area contributed by atoms with Crippen molar-refractivity contribution in [1.29, 1.82) is 0 Å². The van der Waals surface area contributed by atoms with Crippen LogP contribution in [0.3, 0.4) is 0 Å². The van der Waals surface area contributed by atoms with Gasteiger partial charge in [-0.05, 0) is 25.3 Å². The molecule has 2 atom stereocenters. The molecule has 0 radical (unpaired) electrons. The second-order valence-electron chi connectivity index (χ2n) is 17.2. The van der Waals surface area contributed by atoms with E-state index in [0.717, 1.165) is 32.1 Å². The third-order valence-electron chi connectivity index (χ3n) is 10.4. The molecule has 9 heteroatoms. The Morgan fingerprint density at radius 2 is 0.945 bits per heavy atom. The van der Waals surface area contributed by atoms with Gasteiger partial charge >= 0.3 is 5.97 Å². The molecule has 0 saturated carbocycles. The Bertz CT molecular complexity index is 894. The van der Waals surface area contributed by atoms with E-state index in [9.17, 15) is 14.3 Å². The molecule has 0 aliphatic heterocycles. The number of nitrogens with zero attached hydrogens (tertiary/aromatic N) is 1. The van der Waals surface area contributed by atoms with Gasteiger partial charge in [-0.25, -0.2) is 0 Å². The van der Waals surface area contributed by atoms with Crippen molar-refractivity contribution in [2.24, 2.45) is 0 Å². The minimum absolute atomic E-state index is 0.0204. The van der Waals surface area contributed by atoms with Crippen molar-refractivity contribution in [3.05, 3.63) is 12.3 Å². The van der Waals surface area contributed by atoms with E-state index in [0.29, 0.717) is 17.4 Å². The van der Waals surface area contributed by atoms with Gasteiger partial charge in [0, 0.05) is 6.42 Å². The number of esters is 1. The standard InChI is InChI=1S/C46H92NO7P/c1-6-8-10-12-14-16-18-20-22-24-25-27-29-31-33-35-37-39-46(48)54-45(44-53-55(49,50)52-42-40-47(3,4)5)43-51-41-38-36-34-32-30-28-26-23-21-19-17-15-13-11-9-7-2/h38,41,45H,6-37,39-40,42-44H2,1-5H3/b41-38+/t45-/m1/s1. The summed E-state index contributed by atoms with van der Waals surface area (Å²) in [5.41, 5.74) is 0. The Morgan fingerprint density at radius 1 is 0.564 bits per heavy atom. The highest BCUT2D eigenvalue weighted by molar-refractivity contribution is 7.45. The Morgan fingerprint density at radius 3 is 1.35 bits per heavy atom. The average molecular weight is 802 g/mol. The molecule has 0 bridgehead atoms. The number of hydrogen-bond acceptors (Lipinski definition) is 7. The quantitative estimate of drug-likeness (QED) is 0.0199. The predicted molar refractivity (Wildman–Crippen MR) is 231 cm³/mol. The molecule has 0 amide bonds. The van der Waals surface area contributed by atoms with Gasteiger partial charge in [-0.15, -0.1) is 0 Å². The van der Waals surface area contributed by atoms with Crippen LogP contribution >= 0.6 is 7.82 Å². The molecule has 0 rings (SSSR count). The van der Waals surface area contributed by atoms with Crippen molar-refractivity contribution in [3.8, 4) is 0 Å². The van der Waals surface area contributed by atoms with Gasteiger partial charge in [0.1, 0.15) is 19.8 Å². The van der Waals surface area contributed by atoms with Crippen LogP contribution in [0.2, 0.25) is 0 Å². The lowest BCUT2D eigenvalue weighted by atomic mass is 10.0. The number of likely N-dealkylation sites (N-methyl/N-ethyl adjacent to an activating group) is 1. The first-order chi connectivity index (χ1) is 26.6. The lowest BCUT2D eigenvalue weighted by molar-refractivity contribution is -0.870. The molecule has 0 fully saturated rings. The van der Waals surface area contributed by atoms with E-state index in [1.54, 1.807) is 6.26 Å². The summed E-state index contributed by atoms with van der Waals surface area (Å²) < 4.78 is 34.4. The van der Waals surface area contributed by atoms with Crippen molar-refractivity contribution in [2.75, 3.05) is 47.5 Å². The largest absolute Gasteiger partial charge is 0.756 e. The number of carbonyl (C=O) groups is 1. The van der Waals surface area contributed by atoms with Crippen LogP contribution in [0.25, 0.3) is 0 Å². The summed E-state index contributed by atoms with van der Waals surface area (Å²) in [6.07, 6.45) is 44.6. The monoisotopic (exact) mass is 802 g/mol. The molecule has 0 N–H and O–H groups in total. The van der Waals surface area contributed by atoms with Gasteiger partial charge in [-0.1, -0.05) is 200 Å². The summed E-state index contributed by atoms with van der Waals surface area (Å²) in [4.78, 5) is 25.1. The van der Waals surface area contributed by atoms with Crippen LogP contribution in [-0.2, 0) is 27.9 Å². The molecule has 328 valence electrons.